The summed E-state index contributed by atoms with van der Waals surface area (Å²) < 4.78 is 5.51. The number of piperidine rings is 2. The van der Waals surface area contributed by atoms with Crippen LogP contribution >= 0.6 is 0 Å². The Labute approximate surface area is 170 Å². The zero-order chi connectivity index (χ0) is 20.4. The summed E-state index contributed by atoms with van der Waals surface area (Å²) >= 11 is 0. The molecule has 1 amide bonds. The van der Waals surface area contributed by atoms with Crippen LogP contribution in [-0.2, 0) is 0 Å². The van der Waals surface area contributed by atoms with Crippen LogP contribution in [0.2, 0.25) is 0 Å². The predicted molar refractivity (Wildman–Crippen MR) is 107 cm³/mol. The molecule has 1 unspecified atom stereocenters. The van der Waals surface area contributed by atoms with Crippen molar-refractivity contribution < 1.29 is 14.6 Å². The van der Waals surface area contributed by atoms with E-state index in [1.54, 1.807) is 18.5 Å². The van der Waals surface area contributed by atoms with Crippen LogP contribution in [0.25, 0.3) is 0 Å². The average molecular weight is 400 g/mol. The van der Waals surface area contributed by atoms with E-state index < -0.39 is 11.5 Å². The molecule has 2 fully saturated rings. The number of imidazole rings is 1. The van der Waals surface area contributed by atoms with E-state index in [0.29, 0.717) is 56.7 Å². The van der Waals surface area contributed by atoms with Gasteiger partial charge in [-0.2, -0.15) is 4.98 Å². The van der Waals surface area contributed by atoms with Crippen molar-refractivity contribution in [3.8, 4) is 5.88 Å². The van der Waals surface area contributed by atoms with Crippen LogP contribution in [0.3, 0.4) is 0 Å². The normalized spacial score (nSPS) is 24.7. The molecule has 156 valence electrons. The minimum Gasteiger partial charge on any atom is -0.478 e. The summed E-state index contributed by atoms with van der Waals surface area (Å²) in [7, 11) is 0. The number of amides is 1. The first-order valence-electron chi connectivity index (χ1n) is 10.2. The Balaban J connectivity index is 1.53. The number of likely N-dealkylation sites (tertiary alicyclic amines) is 1. The fourth-order valence-electron chi connectivity index (χ4n) is 4.47. The van der Waals surface area contributed by atoms with Gasteiger partial charge in [-0.3, -0.25) is 4.79 Å². The molecule has 2 atom stereocenters. The van der Waals surface area contributed by atoms with Gasteiger partial charge in [-0.15, -0.1) is 0 Å². The van der Waals surface area contributed by atoms with Crippen molar-refractivity contribution in [1.82, 2.24) is 24.8 Å². The van der Waals surface area contributed by atoms with E-state index in [4.69, 9.17) is 4.74 Å². The molecule has 2 aliphatic rings. The first-order chi connectivity index (χ1) is 14.0. The number of carbonyl (C=O) groups excluding carboxylic acids is 1. The van der Waals surface area contributed by atoms with E-state index >= 15 is 0 Å². The Kier molecular flexibility index (Phi) is 5.40. The lowest BCUT2D eigenvalue weighted by Gasteiger charge is -2.50. The summed E-state index contributed by atoms with van der Waals surface area (Å²) in [6.07, 6.45) is 5.14. The van der Waals surface area contributed by atoms with Crippen LogP contribution in [0.1, 0.15) is 42.5 Å². The van der Waals surface area contributed by atoms with Gasteiger partial charge in [-0.05, 0) is 33.1 Å². The minimum atomic E-state index is -0.465. The number of rotatable bonds is 4. The van der Waals surface area contributed by atoms with Gasteiger partial charge in [0.2, 0.25) is 11.8 Å². The number of aromatic nitrogens is 4. The number of aliphatic hydroxyl groups is 1. The Bertz CT molecular complexity index is 871. The topological polar surface area (TPSA) is 107 Å². The third-order valence-electron chi connectivity index (χ3n) is 5.91. The maximum Gasteiger partial charge on any atom is 0.271 e. The summed E-state index contributed by atoms with van der Waals surface area (Å²) in [5.74, 6) is 1.81. The van der Waals surface area contributed by atoms with Crippen LogP contribution in [0.4, 0.5) is 5.95 Å². The number of hydrogen-bond donors (Lipinski definition) is 2. The molecule has 0 bridgehead atoms. The highest BCUT2D eigenvalue weighted by Gasteiger charge is 2.47. The van der Waals surface area contributed by atoms with Gasteiger partial charge in [0.15, 0.2) is 0 Å². The molecule has 2 saturated heterocycles. The summed E-state index contributed by atoms with van der Waals surface area (Å²) in [6, 6.07) is 1.74. The fraction of sp³-hybridized carbons (Fsp3) is 0.600. The summed E-state index contributed by atoms with van der Waals surface area (Å²) in [5, 5.41) is 10.9. The molecule has 4 heterocycles. The number of nitrogens with zero attached hydrogens (tertiary/aromatic N) is 5. The SMILES string of the molecule is CCOc1ccnc(N2CCC(O)[C@]3(CCCN(C(=O)c4cnc(C)[nH]4)C3)C2)n1. The maximum absolute atomic E-state index is 12.9. The molecular weight excluding hydrogens is 372 g/mol. The Hall–Kier alpha value is -2.68. The standard InChI is InChI=1S/C20H28N6O3/c1-3-29-17-5-8-21-19(24-17)26-10-6-16(27)20(13-26)7-4-9-25(12-20)18(28)15-11-22-14(2)23-15/h5,8,11,16,27H,3-4,6-7,9-10,12-13H2,1-2H3,(H,22,23)/t16?,20-/m0/s1. The summed E-state index contributed by atoms with van der Waals surface area (Å²) in [5.41, 5.74) is 0.0982. The fourth-order valence-corrected chi connectivity index (χ4v) is 4.47. The van der Waals surface area contributed by atoms with Gasteiger partial charge < -0.3 is 24.6 Å². The second kappa shape index (κ2) is 7.98. The molecule has 29 heavy (non-hydrogen) atoms. The second-order valence-corrected chi connectivity index (χ2v) is 7.93. The van der Waals surface area contributed by atoms with E-state index in [1.807, 2.05) is 18.7 Å². The zero-order valence-corrected chi connectivity index (χ0v) is 17.0. The van der Waals surface area contributed by atoms with E-state index in [-0.39, 0.29) is 5.91 Å². The van der Waals surface area contributed by atoms with Gasteiger partial charge in [0.25, 0.3) is 5.91 Å². The minimum absolute atomic E-state index is 0.0661. The molecule has 0 aliphatic carbocycles. The highest BCUT2D eigenvalue weighted by atomic mass is 16.5. The van der Waals surface area contributed by atoms with Gasteiger partial charge in [0, 0.05) is 43.9 Å². The van der Waals surface area contributed by atoms with Crippen LogP contribution in [0, 0.1) is 12.3 Å². The van der Waals surface area contributed by atoms with Crippen LogP contribution in [0.5, 0.6) is 5.88 Å². The number of ether oxygens (including phenoxy) is 1. The Morgan fingerprint density at radius 1 is 1.38 bits per heavy atom. The molecule has 9 heteroatoms. The van der Waals surface area contributed by atoms with Crippen molar-refractivity contribution in [3.63, 3.8) is 0 Å². The van der Waals surface area contributed by atoms with E-state index in [1.165, 1.54) is 0 Å². The number of anilines is 1. The maximum atomic E-state index is 12.9. The van der Waals surface area contributed by atoms with Crippen LogP contribution in [0.15, 0.2) is 18.5 Å². The lowest BCUT2D eigenvalue weighted by molar-refractivity contribution is -0.0365. The highest BCUT2D eigenvalue weighted by Crippen LogP contribution is 2.40. The molecule has 4 rings (SSSR count). The Morgan fingerprint density at radius 3 is 3.00 bits per heavy atom. The second-order valence-electron chi connectivity index (χ2n) is 7.93. The lowest BCUT2D eigenvalue weighted by atomic mass is 9.71. The number of aryl methyl sites for hydroxylation is 1. The molecule has 2 aromatic heterocycles. The first-order valence-corrected chi connectivity index (χ1v) is 10.2. The van der Waals surface area contributed by atoms with E-state index in [2.05, 4.69) is 24.8 Å². The largest absolute Gasteiger partial charge is 0.478 e. The molecule has 2 aliphatic heterocycles. The van der Waals surface area contributed by atoms with Gasteiger partial charge in [0.05, 0.1) is 18.9 Å². The van der Waals surface area contributed by atoms with Crippen molar-refractivity contribution in [2.24, 2.45) is 5.41 Å². The quantitative estimate of drug-likeness (QED) is 0.799. The number of nitrogens with one attached hydrogen (secondary N) is 1. The smallest absolute Gasteiger partial charge is 0.271 e. The molecular formula is C20H28N6O3. The number of aromatic amines is 1. The molecule has 9 nitrogen and oxygen atoms in total. The molecule has 1 spiro atoms. The first kappa shape index (κ1) is 19.6. The van der Waals surface area contributed by atoms with Crippen LogP contribution in [-0.4, -0.2) is 74.7 Å². The molecule has 0 saturated carbocycles. The molecule has 0 aromatic carbocycles. The van der Waals surface area contributed by atoms with Gasteiger partial charge in [-0.25, -0.2) is 9.97 Å². The van der Waals surface area contributed by atoms with Gasteiger partial charge in [0.1, 0.15) is 11.5 Å². The summed E-state index contributed by atoms with van der Waals surface area (Å²) in [4.78, 5) is 32.9. The van der Waals surface area contributed by atoms with E-state index in [9.17, 15) is 9.90 Å². The van der Waals surface area contributed by atoms with Crippen molar-refractivity contribution in [2.45, 2.75) is 39.2 Å². The van der Waals surface area contributed by atoms with Crippen molar-refractivity contribution >= 4 is 11.9 Å². The number of carbonyl (C=O) groups is 1. The zero-order valence-electron chi connectivity index (χ0n) is 17.0. The monoisotopic (exact) mass is 400 g/mol. The number of aliphatic hydroxyl groups excluding tert-OH is 1. The summed E-state index contributed by atoms with van der Waals surface area (Å²) in [6.45, 7) is 6.76. The van der Waals surface area contributed by atoms with Crippen LogP contribution < -0.4 is 9.64 Å². The van der Waals surface area contributed by atoms with Gasteiger partial charge >= 0.3 is 0 Å². The van der Waals surface area contributed by atoms with Gasteiger partial charge in [-0.1, -0.05) is 0 Å². The number of H-pyrrole nitrogens is 1. The van der Waals surface area contributed by atoms with Crippen molar-refractivity contribution in [1.29, 1.82) is 0 Å². The average Bonchev–Trinajstić information content (AvgIpc) is 3.16. The van der Waals surface area contributed by atoms with E-state index in [0.717, 1.165) is 18.7 Å². The molecule has 0 radical (unpaired) electrons. The van der Waals surface area contributed by atoms with Crippen molar-refractivity contribution in [2.75, 3.05) is 37.7 Å². The predicted octanol–water partition coefficient (Wildman–Crippen LogP) is 1.40. The third-order valence-corrected chi connectivity index (χ3v) is 5.91. The molecule has 2 N–H and O–H groups in total. The van der Waals surface area contributed by atoms with Crippen molar-refractivity contribution in [3.05, 3.63) is 30.0 Å². The molecule has 2 aromatic rings. The number of hydrogen-bond acceptors (Lipinski definition) is 7. The lowest BCUT2D eigenvalue weighted by Crippen LogP contribution is -2.60. The third kappa shape index (κ3) is 3.91. The highest BCUT2D eigenvalue weighted by molar-refractivity contribution is 5.92. The Morgan fingerprint density at radius 2 is 2.24 bits per heavy atom.